The number of amides is 1. The van der Waals surface area contributed by atoms with Crippen molar-refractivity contribution in [3.8, 4) is 0 Å². The summed E-state index contributed by atoms with van der Waals surface area (Å²) in [6.07, 6.45) is 3.19. The minimum absolute atomic E-state index is 0.309. The molecule has 0 aliphatic carbocycles. The highest BCUT2D eigenvalue weighted by molar-refractivity contribution is 5.67. The fourth-order valence-electron chi connectivity index (χ4n) is 2.73. The number of hydrogen-bond acceptors (Lipinski definition) is 4. The number of nitrogens with one attached hydrogen (secondary N) is 1. The van der Waals surface area contributed by atoms with Gasteiger partial charge in [0.05, 0.1) is 0 Å². The summed E-state index contributed by atoms with van der Waals surface area (Å²) in [6, 6.07) is 10.1. The van der Waals surface area contributed by atoms with Crippen LogP contribution in [0.1, 0.15) is 24.8 Å². The Morgan fingerprint density at radius 3 is 2.90 bits per heavy atom. The second-order valence-electron chi connectivity index (χ2n) is 5.42. The summed E-state index contributed by atoms with van der Waals surface area (Å²) in [5.74, 6) is 0. The Bertz CT molecular complexity index is 423. The zero-order chi connectivity index (χ0) is 14.9. The van der Waals surface area contributed by atoms with Gasteiger partial charge >= 0.3 is 6.09 Å². The number of likely N-dealkylation sites (tertiary alicyclic amines) is 1. The van der Waals surface area contributed by atoms with E-state index in [1.807, 2.05) is 30.3 Å². The lowest BCUT2D eigenvalue weighted by molar-refractivity contribution is 0.122. The maximum atomic E-state index is 11.7. The van der Waals surface area contributed by atoms with Gasteiger partial charge in [-0.15, -0.1) is 0 Å². The van der Waals surface area contributed by atoms with Gasteiger partial charge in [-0.2, -0.15) is 0 Å². The molecule has 1 aromatic rings. The molecule has 1 atom stereocenters. The fourth-order valence-corrected chi connectivity index (χ4v) is 2.73. The van der Waals surface area contributed by atoms with Crippen molar-refractivity contribution in [2.24, 2.45) is 5.73 Å². The zero-order valence-corrected chi connectivity index (χ0v) is 12.5. The van der Waals surface area contributed by atoms with Crippen LogP contribution in [0.4, 0.5) is 4.79 Å². The third-order valence-electron chi connectivity index (χ3n) is 3.86. The maximum absolute atomic E-state index is 11.7. The number of rotatable bonds is 6. The third-order valence-corrected chi connectivity index (χ3v) is 3.86. The number of alkyl carbamates (subject to hydrolysis) is 1. The second kappa shape index (κ2) is 8.64. The van der Waals surface area contributed by atoms with Gasteiger partial charge in [-0.1, -0.05) is 36.8 Å². The minimum Gasteiger partial charge on any atom is -0.445 e. The molecular weight excluding hydrogens is 266 g/mol. The van der Waals surface area contributed by atoms with E-state index < -0.39 is 0 Å². The number of nitrogens with zero attached hydrogens (tertiary/aromatic N) is 1. The number of benzene rings is 1. The molecule has 3 N–H and O–H groups in total. The molecule has 1 amide bonds. The van der Waals surface area contributed by atoms with Gasteiger partial charge in [0.1, 0.15) is 6.61 Å². The number of carbonyl (C=O) groups excluding carboxylic acids is 1. The van der Waals surface area contributed by atoms with Crippen molar-refractivity contribution in [3.05, 3.63) is 35.9 Å². The van der Waals surface area contributed by atoms with Crippen LogP contribution >= 0.6 is 0 Å². The van der Waals surface area contributed by atoms with Gasteiger partial charge in [0.15, 0.2) is 0 Å². The Morgan fingerprint density at radius 1 is 1.33 bits per heavy atom. The highest BCUT2D eigenvalue weighted by Gasteiger charge is 2.22. The Hall–Kier alpha value is -1.59. The molecule has 0 bridgehead atoms. The number of hydrogen-bond donors (Lipinski definition) is 2. The molecule has 2 rings (SSSR count). The first-order valence-corrected chi connectivity index (χ1v) is 7.68. The molecule has 1 fully saturated rings. The molecule has 0 aromatic heterocycles. The van der Waals surface area contributed by atoms with Crippen molar-refractivity contribution in [2.45, 2.75) is 31.9 Å². The van der Waals surface area contributed by atoms with Gasteiger partial charge in [-0.25, -0.2) is 4.79 Å². The number of nitrogens with two attached hydrogens (primary N) is 1. The first-order chi connectivity index (χ1) is 10.3. The van der Waals surface area contributed by atoms with Crippen LogP contribution < -0.4 is 11.1 Å². The van der Waals surface area contributed by atoms with Gasteiger partial charge in [-0.05, 0) is 24.9 Å². The van der Waals surface area contributed by atoms with Crippen molar-refractivity contribution in [2.75, 3.05) is 26.2 Å². The molecule has 1 aliphatic rings. The standard InChI is InChI=1S/C16H25N3O2/c17-9-11-19-10-5-4-8-15(19)12-18-16(20)21-13-14-6-2-1-3-7-14/h1-3,6-7,15H,4-5,8-13,17H2,(H,18,20)/t15-/m0/s1. The molecule has 0 saturated carbocycles. The summed E-state index contributed by atoms with van der Waals surface area (Å²) < 4.78 is 5.22. The summed E-state index contributed by atoms with van der Waals surface area (Å²) >= 11 is 0. The van der Waals surface area contributed by atoms with Crippen molar-refractivity contribution in [3.63, 3.8) is 0 Å². The van der Waals surface area contributed by atoms with Crippen LogP contribution in [-0.2, 0) is 11.3 Å². The Labute approximate surface area is 126 Å². The lowest BCUT2D eigenvalue weighted by Gasteiger charge is -2.35. The van der Waals surface area contributed by atoms with Gasteiger partial charge < -0.3 is 15.8 Å². The van der Waals surface area contributed by atoms with E-state index in [9.17, 15) is 4.79 Å². The summed E-state index contributed by atoms with van der Waals surface area (Å²) in [5.41, 5.74) is 6.63. The normalized spacial score (nSPS) is 19.2. The lowest BCUT2D eigenvalue weighted by atomic mass is 10.0. The molecule has 0 radical (unpaired) electrons. The van der Waals surface area contributed by atoms with Crippen molar-refractivity contribution in [1.82, 2.24) is 10.2 Å². The molecule has 1 aliphatic heterocycles. The van der Waals surface area contributed by atoms with Gasteiger partial charge in [0.25, 0.3) is 0 Å². The van der Waals surface area contributed by atoms with Crippen molar-refractivity contribution >= 4 is 6.09 Å². The van der Waals surface area contributed by atoms with E-state index in [0.717, 1.165) is 25.1 Å². The monoisotopic (exact) mass is 291 g/mol. The minimum atomic E-state index is -0.350. The molecule has 5 heteroatoms. The van der Waals surface area contributed by atoms with Crippen LogP contribution in [0.25, 0.3) is 0 Å². The van der Waals surface area contributed by atoms with Crippen LogP contribution in [0.3, 0.4) is 0 Å². The van der Waals surface area contributed by atoms with E-state index in [-0.39, 0.29) is 6.09 Å². The SMILES string of the molecule is NCCN1CCCC[C@H]1CNC(=O)OCc1ccccc1. The zero-order valence-electron chi connectivity index (χ0n) is 12.5. The summed E-state index contributed by atoms with van der Waals surface area (Å²) in [4.78, 5) is 14.1. The first kappa shape index (κ1) is 15.8. The molecular formula is C16H25N3O2. The summed E-state index contributed by atoms with van der Waals surface area (Å²) in [7, 11) is 0. The fraction of sp³-hybridized carbons (Fsp3) is 0.562. The predicted octanol–water partition coefficient (Wildman–Crippen LogP) is 1.73. The van der Waals surface area contributed by atoms with Gasteiger partial charge in [0.2, 0.25) is 0 Å². The third kappa shape index (κ3) is 5.36. The second-order valence-corrected chi connectivity index (χ2v) is 5.42. The van der Waals surface area contributed by atoms with Crippen LogP contribution in [-0.4, -0.2) is 43.2 Å². The van der Waals surface area contributed by atoms with Crippen LogP contribution in [0.15, 0.2) is 30.3 Å². The maximum Gasteiger partial charge on any atom is 0.407 e. The largest absolute Gasteiger partial charge is 0.445 e. The first-order valence-electron chi connectivity index (χ1n) is 7.68. The van der Waals surface area contributed by atoms with E-state index in [2.05, 4.69) is 10.2 Å². The molecule has 0 unspecified atom stereocenters. The number of piperidine rings is 1. The van der Waals surface area contributed by atoms with E-state index in [0.29, 0.717) is 25.7 Å². The lowest BCUT2D eigenvalue weighted by Crippen LogP contribution is -2.48. The number of ether oxygens (including phenoxy) is 1. The molecule has 21 heavy (non-hydrogen) atoms. The van der Waals surface area contributed by atoms with Crippen molar-refractivity contribution < 1.29 is 9.53 Å². The van der Waals surface area contributed by atoms with Gasteiger partial charge in [0, 0.05) is 25.7 Å². The molecule has 0 spiro atoms. The Morgan fingerprint density at radius 2 is 2.14 bits per heavy atom. The van der Waals surface area contributed by atoms with Crippen LogP contribution in [0, 0.1) is 0 Å². The summed E-state index contributed by atoms with van der Waals surface area (Å²) in [6.45, 7) is 3.57. The van der Waals surface area contributed by atoms with Crippen LogP contribution in [0.5, 0.6) is 0 Å². The van der Waals surface area contributed by atoms with E-state index in [1.54, 1.807) is 0 Å². The van der Waals surface area contributed by atoms with Crippen molar-refractivity contribution in [1.29, 1.82) is 0 Å². The predicted molar refractivity (Wildman–Crippen MR) is 82.9 cm³/mol. The summed E-state index contributed by atoms with van der Waals surface area (Å²) in [5, 5.41) is 2.87. The topological polar surface area (TPSA) is 67.6 Å². The highest BCUT2D eigenvalue weighted by atomic mass is 16.5. The quantitative estimate of drug-likeness (QED) is 0.837. The highest BCUT2D eigenvalue weighted by Crippen LogP contribution is 2.15. The molecule has 1 saturated heterocycles. The van der Waals surface area contributed by atoms with E-state index >= 15 is 0 Å². The molecule has 5 nitrogen and oxygen atoms in total. The molecule has 1 heterocycles. The Kier molecular flexibility index (Phi) is 6.50. The Balaban J connectivity index is 1.70. The smallest absolute Gasteiger partial charge is 0.407 e. The molecule has 1 aromatic carbocycles. The van der Waals surface area contributed by atoms with Crippen LogP contribution in [0.2, 0.25) is 0 Å². The number of carbonyl (C=O) groups is 1. The van der Waals surface area contributed by atoms with Gasteiger partial charge in [-0.3, -0.25) is 4.90 Å². The van der Waals surface area contributed by atoms with E-state index in [4.69, 9.17) is 10.5 Å². The average molecular weight is 291 g/mol. The average Bonchev–Trinajstić information content (AvgIpc) is 2.53. The molecule has 116 valence electrons. The van der Waals surface area contributed by atoms with E-state index in [1.165, 1.54) is 12.8 Å².